The molecule has 6 heteroatoms. The third kappa shape index (κ3) is 2.86. The molecule has 3 rings (SSSR count). The van der Waals surface area contributed by atoms with Crippen LogP contribution in [0.4, 0.5) is 5.69 Å². The molecule has 0 radical (unpaired) electrons. The fraction of sp³-hybridized carbons (Fsp3) is 0. The van der Waals surface area contributed by atoms with Gasteiger partial charge in [-0.1, -0.05) is 46.9 Å². The summed E-state index contributed by atoms with van der Waals surface area (Å²) in [4.78, 5) is 15.2. The van der Waals surface area contributed by atoms with Crippen LogP contribution in [-0.4, -0.2) is 10.9 Å². The topological polar surface area (TPSA) is 44.9 Å². The number of aromatic amines is 1. The number of fused-ring (bicyclic) bond motifs is 1. The molecule has 0 spiro atoms. The molecule has 0 aliphatic carbocycles. The van der Waals surface area contributed by atoms with E-state index in [2.05, 4.69) is 10.3 Å². The van der Waals surface area contributed by atoms with Crippen LogP contribution < -0.4 is 5.32 Å². The van der Waals surface area contributed by atoms with Crippen molar-refractivity contribution in [1.29, 1.82) is 0 Å². The molecule has 0 fully saturated rings. The predicted molar refractivity (Wildman–Crippen MR) is 87.7 cm³/mol. The lowest BCUT2D eigenvalue weighted by atomic mass is 10.2. The molecular formula is C15H9Cl3N2O. The highest BCUT2D eigenvalue weighted by Gasteiger charge is 2.11. The molecule has 106 valence electrons. The summed E-state index contributed by atoms with van der Waals surface area (Å²) in [6.07, 6.45) is 0. The lowest BCUT2D eigenvalue weighted by Crippen LogP contribution is -2.12. The zero-order valence-corrected chi connectivity index (χ0v) is 12.9. The summed E-state index contributed by atoms with van der Waals surface area (Å²) in [6.45, 7) is 0. The van der Waals surface area contributed by atoms with Crippen molar-refractivity contribution in [2.24, 2.45) is 0 Å². The Morgan fingerprint density at radius 2 is 1.76 bits per heavy atom. The minimum absolute atomic E-state index is 0.277. The third-order valence-corrected chi connectivity index (χ3v) is 4.08. The summed E-state index contributed by atoms with van der Waals surface area (Å²) in [5.41, 5.74) is 1.72. The van der Waals surface area contributed by atoms with E-state index in [9.17, 15) is 4.79 Å². The number of amides is 1. The first kappa shape index (κ1) is 14.3. The van der Waals surface area contributed by atoms with E-state index in [0.717, 1.165) is 10.9 Å². The summed E-state index contributed by atoms with van der Waals surface area (Å²) in [5, 5.41) is 5.02. The Hall–Kier alpha value is -1.68. The second kappa shape index (κ2) is 5.60. The summed E-state index contributed by atoms with van der Waals surface area (Å²) in [5.74, 6) is -0.277. The van der Waals surface area contributed by atoms with Gasteiger partial charge in [-0.3, -0.25) is 4.79 Å². The van der Waals surface area contributed by atoms with Gasteiger partial charge in [-0.25, -0.2) is 0 Å². The highest BCUT2D eigenvalue weighted by atomic mass is 35.5. The van der Waals surface area contributed by atoms with Gasteiger partial charge in [0, 0.05) is 11.1 Å². The molecule has 0 bridgehead atoms. The van der Waals surface area contributed by atoms with Crippen molar-refractivity contribution in [3.63, 3.8) is 0 Å². The zero-order chi connectivity index (χ0) is 15.0. The standard InChI is InChI=1S/C15H9Cl3N2O/c16-10-5-4-9(7-12(10)18)19-15(21)13-6-8-2-1-3-11(17)14(8)20-13/h1-7,20H,(H,19,21). The Morgan fingerprint density at radius 3 is 2.48 bits per heavy atom. The molecule has 0 aliphatic heterocycles. The normalized spacial score (nSPS) is 10.8. The molecule has 21 heavy (non-hydrogen) atoms. The van der Waals surface area contributed by atoms with Crippen molar-refractivity contribution in [2.75, 3.05) is 5.32 Å². The Bertz CT molecular complexity index is 842. The molecule has 3 aromatic rings. The number of nitrogens with one attached hydrogen (secondary N) is 2. The highest BCUT2D eigenvalue weighted by Crippen LogP contribution is 2.26. The maximum absolute atomic E-state index is 12.2. The van der Waals surface area contributed by atoms with Gasteiger partial charge in [0.2, 0.25) is 0 Å². The van der Waals surface area contributed by atoms with Crippen LogP contribution in [-0.2, 0) is 0 Å². The first-order valence-corrected chi connectivity index (χ1v) is 7.21. The molecule has 0 saturated heterocycles. The lowest BCUT2D eigenvalue weighted by molar-refractivity contribution is 0.102. The smallest absolute Gasteiger partial charge is 0.272 e. The van der Waals surface area contributed by atoms with E-state index in [0.29, 0.717) is 26.4 Å². The zero-order valence-electron chi connectivity index (χ0n) is 10.6. The molecule has 3 nitrogen and oxygen atoms in total. The van der Waals surface area contributed by atoms with Crippen LogP contribution in [0.2, 0.25) is 15.1 Å². The molecule has 0 saturated carbocycles. The van der Waals surface area contributed by atoms with Gasteiger partial charge in [0.05, 0.1) is 20.6 Å². The molecule has 1 heterocycles. The average molecular weight is 340 g/mol. The Morgan fingerprint density at radius 1 is 0.952 bits per heavy atom. The summed E-state index contributed by atoms with van der Waals surface area (Å²) >= 11 is 17.8. The van der Waals surface area contributed by atoms with E-state index in [1.807, 2.05) is 12.1 Å². The van der Waals surface area contributed by atoms with Crippen molar-refractivity contribution in [3.8, 4) is 0 Å². The van der Waals surface area contributed by atoms with Crippen LogP contribution in [0.5, 0.6) is 0 Å². The maximum Gasteiger partial charge on any atom is 0.272 e. The van der Waals surface area contributed by atoms with E-state index < -0.39 is 0 Å². The number of para-hydroxylation sites is 1. The number of carbonyl (C=O) groups excluding carboxylic acids is 1. The van der Waals surface area contributed by atoms with Crippen molar-refractivity contribution in [3.05, 3.63) is 63.2 Å². The summed E-state index contributed by atoms with van der Waals surface area (Å²) < 4.78 is 0. The summed E-state index contributed by atoms with van der Waals surface area (Å²) in [7, 11) is 0. The van der Waals surface area contributed by atoms with Gasteiger partial charge in [-0.05, 0) is 30.3 Å². The van der Waals surface area contributed by atoms with Crippen molar-refractivity contribution >= 4 is 57.3 Å². The number of rotatable bonds is 2. The number of H-pyrrole nitrogens is 1. The van der Waals surface area contributed by atoms with Gasteiger partial charge in [-0.2, -0.15) is 0 Å². The van der Waals surface area contributed by atoms with Gasteiger partial charge in [-0.15, -0.1) is 0 Å². The van der Waals surface area contributed by atoms with E-state index in [-0.39, 0.29) is 5.91 Å². The Labute approximate surface area is 135 Å². The monoisotopic (exact) mass is 338 g/mol. The van der Waals surface area contributed by atoms with E-state index >= 15 is 0 Å². The predicted octanol–water partition coefficient (Wildman–Crippen LogP) is 5.38. The molecule has 0 atom stereocenters. The van der Waals surface area contributed by atoms with Gasteiger partial charge >= 0.3 is 0 Å². The van der Waals surface area contributed by atoms with Crippen molar-refractivity contribution < 1.29 is 4.79 Å². The lowest BCUT2D eigenvalue weighted by Gasteiger charge is -2.04. The fourth-order valence-electron chi connectivity index (χ4n) is 2.01. The molecule has 0 unspecified atom stereocenters. The van der Waals surface area contributed by atoms with Gasteiger partial charge in [0.15, 0.2) is 0 Å². The Balaban J connectivity index is 1.90. The van der Waals surface area contributed by atoms with E-state index in [1.54, 1.807) is 30.3 Å². The second-order valence-electron chi connectivity index (χ2n) is 4.47. The fourth-order valence-corrected chi connectivity index (χ4v) is 2.54. The van der Waals surface area contributed by atoms with E-state index in [1.165, 1.54) is 0 Å². The third-order valence-electron chi connectivity index (χ3n) is 3.03. The molecular weight excluding hydrogens is 331 g/mol. The maximum atomic E-state index is 12.2. The van der Waals surface area contributed by atoms with Crippen LogP contribution >= 0.6 is 34.8 Å². The summed E-state index contributed by atoms with van der Waals surface area (Å²) in [6, 6.07) is 12.1. The number of aromatic nitrogens is 1. The molecule has 2 N–H and O–H groups in total. The van der Waals surface area contributed by atoms with Crippen molar-refractivity contribution in [1.82, 2.24) is 4.98 Å². The minimum atomic E-state index is -0.277. The average Bonchev–Trinajstić information content (AvgIpc) is 2.89. The first-order chi connectivity index (χ1) is 10.0. The highest BCUT2D eigenvalue weighted by molar-refractivity contribution is 6.42. The van der Waals surface area contributed by atoms with E-state index in [4.69, 9.17) is 34.8 Å². The van der Waals surface area contributed by atoms with Crippen LogP contribution in [0.15, 0.2) is 42.5 Å². The largest absolute Gasteiger partial charge is 0.349 e. The van der Waals surface area contributed by atoms with Crippen LogP contribution in [0, 0.1) is 0 Å². The molecule has 2 aromatic carbocycles. The minimum Gasteiger partial charge on any atom is -0.349 e. The van der Waals surface area contributed by atoms with Crippen LogP contribution in [0.25, 0.3) is 10.9 Å². The van der Waals surface area contributed by atoms with Crippen molar-refractivity contribution in [2.45, 2.75) is 0 Å². The SMILES string of the molecule is O=C(Nc1ccc(Cl)c(Cl)c1)c1cc2cccc(Cl)c2[nH]1. The number of carbonyl (C=O) groups is 1. The second-order valence-corrected chi connectivity index (χ2v) is 5.69. The number of benzene rings is 2. The number of halogens is 3. The van der Waals surface area contributed by atoms with Gasteiger partial charge in [0.1, 0.15) is 5.69 Å². The number of hydrogen-bond acceptors (Lipinski definition) is 1. The van der Waals surface area contributed by atoms with Crippen LogP contribution in [0.3, 0.4) is 0 Å². The quantitative estimate of drug-likeness (QED) is 0.647. The molecule has 1 aromatic heterocycles. The van der Waals surface area contributed by atoms with Gasteiger partial charge in [0.25, 0.3) is 5.91 Å². The van der Waals surface area contributed by atoms with Crippen LogP contribution in [0.1, 0.15) is 10.5 Å². The molecule has 0 aliphatic rings. The number of anilines is 1. The number of hydrogen-bond donors (Lipinski definition) is 2. The van der Waals surface area contributed by atoms with Gasteiger partial charge < -0.3 is 10.3 Å². The Kier molecular flexibility index (Phi) is 3.81. The first-order valence-electron chi connectivity index (χ1n) is 6.08. The molecule has 1 amide bonds.